The Hall–Kier alpha value is -3.00. The number of hydrogen-bond acceptors (Lipinski definition) is 3. The zero-order chi connectivity index (χ0) is 24.7. The summed E-state index contributed by atoms with van der Waals surface area (Å²) in [7, 11) is 0. The van der Waals surface area contributed by atoms with Gasteiger partial charge in [-0.2, -0.15) is 13.2 Å². The largest absolute Gasteiger partial charge is 0.417 e. The number of benzene rings is 2. The number of alkyl halides is 3. The fourth-order valence-electron chi connectivity index (χ4n) is 3.55. The van der Waals surface area contributed by atoms with Gasteiger partial charge in [0.2, 0.25) is 0 Å². The molecular formula is C24H20ClF5N2O. The molecule has 1 heterocycles. The van der Waals surface area contributed by atoms with E-state index in [1.165, 1.54) is 18.0 Å². The standard InChI is InChI=1S/C24H20ClF5N2O/c1-5-15(14(4)33)11-32-13(3)12(2)31-23(20-17(26)7-6-8-18(20)27)21-19(32)10-9-16(22(21)25)24(28,29)30/h6-12H,3,5H2,1-2,4H3/b15-11-/t12-/m0/s1. The molecule has 0 spiro atoms. The third kappa shape index (κ3) is 4.57. The van der Waals surface area contributed by atoms with Crippen molar-refractivity contribution in [1.82, 2.24) is 0 Å². The molecule has 0 fully saturated rings. The van der Waals surface area contributed by atoms with Crippen LogP contribution in [-0.4, -0.2) is 17.5 Å². The van der Waals surface area contributed by atoms with Crippen LogP contribution in [0.15, 0.2) is 59.4 Å². The highest BCUT2D eigenvalue weighted by molar-refractivity contribution is 6.37. The van der Waals surface area contributed by atoms with Crippen molar-refractivity contribution in [2.24, 2.45) is 4.99 Å². The van der Waals surface area contributed by atoms with Gasteiger partial charge in [-0.1, -0.05) is 31.2 Å². The Balaban J connectivity index is 2.46. The third-order valence-electron chi connectivity index (χ3n) is 5.35. The van der Waals surface area contributed by atoms with Gasteiger partial charge < -0.3 is 4.90 Å². The number of aliphatic imine (C=N–C) groups is 1. The topological polar surface area (TPSA) is 32.7 Å². The van der Waals surface area contributed by atoms with E-state index in [2.05, 4.69) is 11.6 Å². The number of ketones is 1. The lowest BCUT2D eigenvalue weighted by molar-refractivity contribution is -0.137. The Morgan fingerprint density at radius 1 is 1.18 bits per heavy atom. The van der Waals surface area contributed by atoms with Crippen LogP contribution in [-0.2, 0) is 11.0 Å². The van der Waals surface area contributed by atoms with E-state index in [9.17, 15) is 26.7 Å². The molecule has 1 aliphatic rings. The van der Waals surface area contributed by atoms with E-state index in [0.29, 0.717) is 12.0 Å². The van der Waals surface area contributed by atoms with E-state index in [1.807, 2.05) is 0 Å². The molecule has 0 saturated carbocycles. The predicted octanol–water partition coefficient (Wildman–Crippen LogP) is 7.08. The molecule has 1 aliphatic heterocycles. The minimum Gasteiger partial charge on any atom is -0.318 e. The molecule has 3 rings (SSSR count). The molecule has 0 unspecified atom stereocenters. The van der Waals surface area contributed by atoms with Gasteiger partial charge in [0.25, 0.3) is 0 Å². The van der Waals surface area contributed by atoms with Gasteiger partial charge in [-0.15, -0.1) is 0 Å². The van der Waals surface area contributed by atoms with Crippen molar-refractivity contribution in [2.45, 2.75) is 39.4 Å². The number of carbonyl (C=O) groups excluding carboxylic acids is 1. The molecule has 2 aromatic carbocycles. The Kier molecular flexibility index (Phi) is 6.79. The van der Waals surface area contributed by atoms with Gasteiger partial charge >= 0.3 is 6.18 Å². The van der Waals surface area contributed by atoms with Crippen molar-refractivity contribution in [2.75, 3.05) is 4.90 Å². The maximum atomic E-state index is 14.7. The Morgan fingerprint density at radius 3 is 2.30 bits per heavy atom. The normalized spacial score (nSPS) is 16.9. The molecule has 33 heavy (non-hydrogen) atoms. The molecule has 3 nitrogen and oxygen atoms in total. The minimum atomic E-state index is -4.82. The van der Waals surface area contributed by atoms with Crippen LogP contribution in [0.1, 0.15) is 43.9 Å². The quantitative estimate of drug-likeness (QED) is 0.344. The monoisotopic (exact) mass is 482 g/mol. The molecule has 0 bridgehead atoms. The SMILES string of the molecule is C=C1[C@H](C)N=C(c2c(F)cccc2F)c2c(ccc(C(F)(F)F)c2Cl)N1/C=C(/CC)C(C)=O. The number of hydrogen-bond donors (Lipinski definition) is 0. The fraction of sp³-hybridized carbons (Fsp3) is 0.250. The van der Waals surface area contributed by atoms with Gasteiger partial charge in [0.1, 0.15) is 11.6 Å². The van der Waals surface area contributed by atoms with Gasteiger partial charge in [-0.25, -0.2) is 8.78 Å². The summed E-state index contributed by atoms with van der Waals surface area (Å²) in [6, 6.07) is 4.20. The van der Waals surface area contributed by atoms with Crippen LogP contribution >= 0.6 is 11.6 Å². The molecule has 0 radical (unpaired) electrons. The third-order valence-corrected chi connectivity index (χ3v) is 5.75. The highest BCUT2D eigenvalue weighted by atomic mass is 35.5. The first-order chi connectivity index (χ1) is 15.4. The van der Waals surface area contributed by atoms with Crippen LogP contribution in [0, 0.1) is 11.6 Å². The molecule has 174 valence electrons. The summed E-state index contributed by atoms with van der Waals surface area (Å²) in [4.78, 5) is 17.8. The number of fused-ring (bicyclic) bond motifs is 1. The van der Waals surface area contributed by atoms with Gasteiger partial charge in [0.05, 0.1) is 33.6 Å². The van der Waals surface area contributed by atoms with E-state index in [1.54, 1.807) is 13.8 Å². The van der Waals surface area contributed by atoms with E-state index in [0.717, 1.165) is 30.3 Å². The van der Waals surface area contributed by atoms with Gasteiger partial charge in [0, 0.05) is 23.0 Å². The fourth-order valence-corrected chi connectivity index (χ4v) is 3.91. The first-order valence-corrected chi connectivity index (χ1v) is 10.4. The average Bonchev–Trinajstić information content (AvgIpc) is 2.81. The lowest BCUT2D eigenvalue weighted by atomic mass is 9.96. The summed E-state index contributed by atoms with van der Waals surface area (Å²) in [5.41, 5.74) is -1.75. The van der Waals surface area contributed by atoms with Crippen LogP contribution in [0.5, 0.6) is 0 Å². The molecule has 0 amide bonds. The number of nitrogens with zero attached hydrogens (tertiary/aromatic N) is 2. The molecule has 0 saturated heterocycles. The van der Waals surface area contributed by atoms with Gasteiger partial charge in [-0.05, 0) is 44.5 Å². The number of anilines is 1. The number of carbonyl (C=O) groups is 1. The highest BCUT2D eigenvalue weighted by Gasteiger charge is 2.38. The van der Waals surface area contributed by atoms with Crippen molar-refractivity contribution >= 4 is 28.8 Å². The second-order valence-corrected chi connectivity index (χ2v) is 7.87. The molecule has 0 aliphatic carbocycles. The number of halogens is 6. The van der Waals surface area contributed by atoms with E-state index >= 15 is 0 Å². The molecule has 0 N–H and O–H groups in total. The van der Waals surface area contributed by atoms with Crippen LogP contribution in [0.2, 0.25) is 5.02 Å². The lowest BCUT2D eigenvalue weighted by Gasteiger charge is -2.27. The van der Waals surface area contributed by atoms with Crippen LogP contribution in [0.4, 0.5) is 27.6 Å². The molecule has 0 aromatic heterocycles. The maximum Gasteiger partial charge on any atom is 0.417 e. The Labute approximate surface area is 192 Å². The van der Waals surface area contributed by atoms with Crippen molar-refractivity contribution in [3.63, 3.8) is 0 Å². The average molecular weight is 483 g/mol. The lowest BCUT2D eigenvalue weighted by Crippen LogP contribution is -2.23. The minimum absolute atomic E-state index is 0.0657. The maximum absolute atomic E-state index is 14.7. The zero-order valence-electron chi connectivity index (χ0n) is 18.0. The first-order valence-electron chi connectivity index (χ1n) is 10.00. The van der Waals surface area contributed by atoms with Gasteiger partial charge in [-0.3, -0.25) is 9.79 Å². The van der Waals surface area contributed by atoms with Gasteiger partial charge in [0.15, 0.2) is 5.78 Å². The van der Waals surface area contributed by atoms with E-state index in [-0.39, 0.29) is 28.4 Å². The summed E-state index contributed by atoms with van der Waals surface area (Å²) < 4.78 is 70.5. The van der Waals surface area contributed by atoms with Crippen molar-refractivity contribution in [1.29, 1.82) is 0 Å². The number of allylic oxidation sites excluding steroid dienone is 1. The Morgan fingerprint density at radius 2 is 1.79 bits per heavy atom. The highest BCUT2D eigenvalue weighted by Crippen LogP contribution is 2.44. The van der Waals surface area contributed by atoms with Crippen LogP contribution in [0.3, 0.4) is 0 Å². The second-order valence-electron chi connectivity index (χ2n) is 7.49. The second kappa shape index (κ2) is 9.09. The summed E-state index contributed by atoms with van der Waals surface area (Å²) in [6.07, 6.45) is -3.04. The first kappa shape index (κ1) is 24.6. The summed E-state index contributed by atoms with van der Waals surface area (Å²) in [5.74, 6) is -2.26. The molecule has 9 heteroatoms. The number of Topliss-reactive ketones (excluding diaryl/α,β-unsaturated/α-hetero) is 1. The number of benzodiazepines with no additional fused rings is 1. The van der Waals surface area contributed by atoms with Crippen LogP contribution in [0.25, 0.3) is 0 Å². The van der Waals surface area contributed by atoms with E-state index < -0.39 is 40.0 Å². The zero-order valence-corrected chi connectivity index (χ0v) is 18.8. The smallest absolute Gasteiger partial charge is 0.318 e. The van der Waals surface area contributed by atoms with E-state index in [4.69, 9.17) is 11.6 Å². The summed E-state index contributed by atoms with van der Waals surface area (Å²) >= 11 is 6.24. The number of rotatable bonds is 4. The predicted molar refractivity (Wildman–Crippen MR) is 119 cm³/mol. The molecule has 1 atom stereocenters. The molecule has 2 aromatic rings. The van der Waals surface area contributed by atoms with Crippen LogP contribution < -0.4 is 4.90 Å². The van der Waals surface area contributed by atoms with Crippen molar-refractivity contribution in [3.05, 3.63) is 87.7 Å². The summed E-state index contributed by atoms with van der Waals surface area (Å²) in [6.45, 7) is 8.64. The summed E-state index contributed by atoms with van der Waals surface area (Å²) in [5, 5.41) is -0.762. The molecular weight excluding hydrogens is 463 g/mol. The van der Waals surface area contributed by atoms with Crippen molar-refractivity contribution in [3.8, 4) is 0 Å². The van der Waals surface area contributed by atoms with Crippen molar-refractivity contribution < 1.29 is 26.7 Å². The Bertz CT molecular complexity index is 1180.